The molecule has 0 unspecified atom stereocenters. The number of nitrogens with zero attached hydrogens (tertiary/aromatic N) is 3. The molecule has 2 heterocycles. The Hall–Kier alpha value is -2.26. The lowest BCUT2D eigenvalue weighted by molar-refractivity contribution is -0.125. The highest BCUT2D eigenvalue weighted by Crippen LogP contribution is 2.41. The van der Waals surface area contributed by atoms with Gasteiger partial charge in [0.25, 0.3) is 11.8 Å². The van der Waals surface area contributed by atoms with Crippen molar-refractivity contribution in [3.8, 4) is 0 Å². The summed E-state index contributed by atoms with van der Waals surface area (Å²) in [6, 6.07) is 5.42. The van der Waals surface area contributed by atoms with E-state index >= 15 is 0 Å². The van der Waals surface area contributed by atoms with Gasteiger partial charge in [-0.05, 0) is 86.5 Å². The largest absolute Gasteiger partial charge is 0.345 e. The molecular weight excluding hydrogens is 500 g/mol. The Labute approximate surface area is 228 Å². The van der Waals surface area contributed by atoms with Crippen molar-refractivity contribution in [1.29, 1.82) is 0 Å². The van der Waals surface area contributed by atoms with Crippen LogP contribution in [0.15, 0.2) is 23.2 Å². The number of carbonyl (C=O) groups is 2. The van der Waals surface area contributed by atoms with Crippen molar-refractivity contribution in [2.45, 2.75) is 78.2 Å². The number of amidine groups is 1. The van der Waals surface area contributed by atoms with E-state index in [9.17, 15) is 18.0 Å². The number of nitrogens with one attached hydrogen (secondary N) is 1. The van der Waals surface area contributed by atoms with E-state index in [0.29, 0.717) is 55.2 Å². The molecule has 1 aromatic rings. The van der Waals surface area contributed by atoms with Crippen molar-refractivity contribution in [2.75, 3.05) is 32.9 Å². The SMILES string of the molecule is Cc1cc(C(=O)N(C)C)ccc1CCS(=O)(=O)N1CCC2(CC1)N=C(C1CCC(C(C)(C)C)CC1)NC2=O. The van der Waals surface area contributed by atoms with Crippen LogP contribution >= 0.6 is 0 Å². The number of amides is 2. The number of carbonyl (C=O) groups excluding carboxylic acids is 2. The lowest BCUT2D eigenvalue weighted by atomic mass is 9.69. The van der Waals surface area contributed by atoms with Crippen LogP contribution in [-0.2, 0) is 21.2 Å². The summed E-state index contributed by atoms with van der Waals surface area (Å²) in [4.78, 5) is 31.7. The summed E-state index contributed by atoms with van der Waals surface area (Å²) in [5, 5.41) is 3.08. The molecule has 2 amide bonds. The number of hydrogen-bond donors (Lipinski definition) is 1. The quantitative estimate of drug-likeness (QED) is 0.589. The van der Waals surface area contributed by atoms with Crippen LogP contribution in [0.1, 0.15) is 80.8 Å². The zero-order valence-corrected chi connectivity index (χ0v) is 24.7. The van der Waals surface area contributed by atoms with E-state index in [2.05, 4.69) is 26.1 Å². The van der Waals surface area contributed by atoms with Crippen LogP contribution in [0.25, 0.3) is 0 Å². The van der Waals surface area contributed by atoms with Crippen LogP contribution in [0, 0.1) is 24.2 Å². The van der Waals surface area contributed by atoms with E-state index in [1.165, 1.54) is 9.21 Å². The normalized spacial score (nSPS) is 24.3. The summed E-state index contributed by atoms with van der Waals surface area (Å²) >= 11 is 0. The van der Waals surface area contributed by atoms with E-state index in [4.69, 9.17) is 4.99 Å². The first-order valence-corrected chi connectivity index (χ1v) is 15.5. The van der Waals surface area contributed by atoms with Gasteiger partial charge >= 0.3 is 0 Å². The maximum absolute atomic E-state index is 13.2. The van der Waals surface area contributed by atoms with Gasteiger partial charge in [-0.1, -0.05) is 26.8 Å². The molecule has 0 aromatic heterocycles. The fourth-order valence-corrected chi connectivity index (χ4v) is 7.65. The fraction of sp³-hybridized carbons (Fsp3) is 0.690. The molecule has 1 aromatic carbocycles. The average molecular weight is 545 g/mol. The molecule has 38 heavy (non-hydrogen) atoms. The maximum Gasteiger partial charge on any atom is 0.253 e. The van der Waals surface area contributed by atoms with Gasteiger partial charge in [-0.25, -0.2) is 12.7 Å². The number of hydrogen-bond acceptors (Lipinski definition) is 5. The zero-order valence-electron chi connectivity index (χ0n) is 23.8. The second-order valence-electron chi connectivity index (χ2n) is 12.7. The van der Waals surface area contributed by atoms with Crippen LogP contribution in [0.4, 0.5) is 0 Å². The number of rotatable bonds is 6. The van der Waals surface area contributed by atoms with Crippen molar-refractivity contribution in [1.82, 2.24) is 14.5 Å². The van der Waals surface area contributed by atoms with Crippen molar-refractivity contribution in [3.05, 3.63) is 34.9 Å². The van der Waals surface area contributed by atoms with Gasteiger partial charge in [0.1, 0.15) is 11.4 Å². The minimum atomic E-state index is -3.48. The van der Waals surface area contributed by atoms with Crippen molar-refractivity contribution in [3.63, 3.8) is 0 Å². The molecule has 1 saturated heterocycles. The lowest BCUT2D eigenvalue weighted by Gasteiger charge is -2.37. The molecule has 0 atom stereocenters. The smallest absolute Gasteiger partial charge is 0.253 e. The second-order valence-corrected chi connectivity index (χ2v) is 14.8. The van der Waals surface area contributed by atoms with Gasteiger partial charge in [0, 0.05) is 38.7 Å². The first kappa shape index (κ1) is 28.7. The third-order valence-electron chi connectivity index (χ3n) is 8.91. The maximum atomic E-state index is 13.2. The molecule has 3 aliphatic rings. The van der Waals surface area contributed by atoms with Crippen LogP contribution < -0.4 is 5.32 Å². The van der Waals surface area contributed by atoms with Crippen molar-refractivity contribution in [2.24, 2.45) is 22.2 Å². The lowest BCUT2D eigenvalue weighted by Crippen LogP contribution is -2.51. The van der Waals surface area contributed by atoms with Gasteiger partial charge in [-0.15, -0.1) is 0 Å². The first-order valence-electron chi connectivity index (χ1n) is 13.9. The average Bonchev–Trinajstić information content (AvgIpc) is 3.17. The van der Waals surface area contributed by atoms with Crippen molar-refractivity contribution < 1.29 is 18.0 Å². The molecule has 9 heteroatoms. The molecule has 210 valence electrons. The summed E-state index contributed by atoms with van der Waals surface area (Å²) in [6.45, 7) is 9.42. The van der Waals surface area contributed by atoms with Gasteiger partial charge in [0.05, 0.1) is 5.75 Å². The Morgan fingerprint density at radius 3 is 2.32 bits per heavy atom. The number of piperidine rings is 1. The third-order valence-corrected chi connectivity index (χ3v) is 10.8. The Bertz CT molecular complexity index is 1200. The number of aryl methyl sites for hydroxylation is 2. The van der Waals surface area contributed by atoms with Gasteiger partial charge in [0.15, 0.2) is 0 Å². The summed E-state index contributed by atoms with van der Waals surface area (Å²) in [5.41, 5.74) is 1.90. The number of sulfonamides is 1. The minimum absolute atomic E-state index is 0.000451. The summed E-state index contributed by atoms with van der Waals surface area (Å²) < 4.78 is 27.9. The Morgan fingerprint density at radius 2 is 1.76 bits per heavy atom. The van der Waals surface area contributed by atoms with Gasteiger partial charge in [0.2, 0.25) is 10.0 Å². The topological polar surface area (TPSA) is 99.2 Å². The van der Waals surface area contributed by atoms with Crippen LogP contribution in [0.2, 0.25) is 0 Å². The molecule has 4 rings (SSSR count). The van der Waals surface area contributed by atoms with E-state index in [1.807, 2.05) is 19.1 Å². The van der Waals surface area contributed by atoms with Crippen LogP contribution in [0.5, 0.6) is 0 Å². The molecular formula is C29H44N4O4S. The Kier molecular flexibility index (Phi) is 8.11. The number of benzene rings is 1. The van der Waals surface area contributed by atoms with Crippen molar-refractivity contribution >= 4 is 27.7 Å². The molecule has 0 bridgehead atoms. The van der Waals surface area contributed by atoms with Gasteiger partial charge in [-0.2, -0.15) is 0 Å². The zero-order chi connectivity index (χ0) is 27.9. The minimum Gasteiger partial charge on any atom is -0.345 e. The molecule has 1 spiro atoms. The fourth-order valence-electron chi connectivity index (χ4n) is 6.18. The summed E-state index contributed by atoms with van der Waals surface area (Å²) in [7, 11) is -0.0607. The summed E-state index contributed by atoms with van der Waals surface area (Å²) in [5.74, 6) is 1.67. The van der Waals surface area contributed by atoms with E-state index in [1.54, 1.807) is 20.2 Å². The van der Waals surface area contributed by atoms with Gasteiger partial charge in [-0.3, -0.25) is 14.6 Å². The molecule has 1 aliphatic carbocycles. The summed E-state index contributed by atoms with van der Waals surface area (Å²) in [6.07, 6.45) is 5.60. The molecule has 8 nitrogen and oxygen atoms in total. The Balaban J connectivity index is 1.34. The highest BCUT2D eigenvalue weighted by molar-refractivity contribution is 7.89. The highest BCUT2D eigenvalue weighted by atomic mass is 32.2. The van der Waals surface area contributed by atoms with Crippen LogP contribution in [-0.4, -0.2) is 73.7 Å². The number of aliphatic imine (C=N–C) groups is 1. The standard InChI is InChI=1S/C29H44N4O4S/c1-20-19-23(26(34)32(5)6)8-7-21(20)13-18-38(36,37)33-16-14-29(15-17-33)27(35)30-25(31-29)22-9-11-24(12-10-22)28(2,3)4/h7-8,19,22,24H,9-18H2,1-6H3,(H,30,31,35). The molecule has 2 fully saturated rings. The first-order chi connectivity index (χ1) is 17.7. The van der Waals surface area contributed by atoms with Gasteiger partial charge < -0.3 is 10.2 Å². The van der Waals surface area contributed by atoms with E-state index < -0.39 is 15.6 Å². The van der Waals surface area contributed by atoms with E-state index in [-0.39, 0.29) is 17.6 Å². The molecule has 0 radical (unpaired) electrons. The third kappa shape index (κ3) is 5.98. The molecule has 2 aliphatic heterocycles. The molecule has 1 saturated carbocycles. The van der Waals surface area contributed by atoms with Crippen LogP contribution in [0.3, 0.4) is 0 Å². The highest BCUT2D eigenvalue weighted by Gasteiger charge is 2.48. The Morgan fingerprint density at radius 1 is 1.13 bits per heavy atom. The molecule has 1 N–H and O–H groups in total. The second kappa shape index (κ2) is 10.7. The monoisotopic (exact) mass is 544 g/mol. The predicted octanol–water partition coefficient (Wildman–Crippen LogP) is 3.78. The predicted molar refractivity (Wildman–Crippen MR) is 151 cm³/mol. The van der Waals surface area contributed by atoms with E-state index in [0.717, 1.165) is 42.6 Å².